The van der Waals surface area contributed by atoms with Gasteiger partial charge in [0, 0.05) is 19.7 Å². The zero-order valence-corrected chi connectivity index (χ0v) is 13.8. The smallest absolute Gasteiger partial charge is 0.336 e. The molecule has 0 radical (unpaired) electrons. The zero-order chi connectivity index (χ0) is 18.3. The molecule has 2 aromatic heterocycles. The largest absolute Gasteiger partial charge is 0.497 e. The molecule has 1 aromatic carbocycles. The lowest BCUT2D eigenvalue weighted by Crippen LogP contribution is -2.38. The normalized spacial score (nSPS) is 10.8. The summed E-state index contributed by atoms with van der Waals surface area (Å²) in [5.74, 6) is -0.623. The van der Waals surface area contributed by atoms with Crippen LogP contribution in [0.4, 0.5) is 0 Å². The van der Waals surface area contributed by atoms with Gasteiger partial charge in [-0.05, 0) is 30.3 Å². The van der Waals surface area contributed by atoms with Crippen LogP contribution in [0, 0.1) is 0 Å². The first-order valence-corrected chi connectivity index (χ1v) is 7.33. The van der Waals surface area contributed by atoms with Crippen molar-refractivity contribution in [2.24, 2.45) is 14.1 Å². The van der Waals surface area contributed by atoms with Gasteiger partial charge in [0.1, 0.15) is 5.75 Å². The second-order valence-electron chi connectivity index (χ2n) is 5.49. The Morgan fingerprint density at radius 2 is 1.76 bits per heavy atom. The highest BCUT2D eigenvalue weighted by Crippen LogP contribution is 2.24. The average Bonchev–Trinajstić information content (AvgIpc) is 2.63. The SMILES string of the molecule is COc1ccc(-c2cc(C(=O)O)c3c(=O)n(C)c(=O)n(C)c3n2)cc1. The van der Waals surface area contributed by atoms with Crippen LogP contribution >= 0.6 is 0 Å². The van der Waals surface area contributed by atoms with Crippen molar-refractivity contribution in [2.45, 2.75) is 0 Å². The van der Waals surface area contributed by atoms with E-state index in [1.54, 1.807) is 24.3 Å². The van der Waals surface area contributed by atoms with Crippen LogP contribution in [0.3, 0.4) is 0 Å². The van der Waals surface area contributed by atoms with Gasteiger partial charge in [-0.1, -0.05) is 0 Å². The summed E-state index contributed by atoms with van der Waals surface area (Å²) in [5, 5.41) is 9.43. The van der Waals surface area contributed by atoms with Crippen molar-refractivity contribution in [3.05, 3.63) is 56.7 Å². The highest BCUT2D eigenvalue weighted by atomic mass is 16.5. The summed E-state index contributed by atoms with van der Waals surface area (Å²) in [6.45, 7) is 0. The minimum Gasteiger partial charge on any atom is -0.497 e. The van der Waals surface area contributed by atoms with Gasteiger partial charge in [0.25, 0.3) is 5.56 Å². The molecule has 0 atom stereocenters. The van der Waals surface area contributed by atoms with Crippen molar-refractivity contribution in [2.75, 3.05) is 7.11 Å². The molecule has 0 unspecified atom stereocenters. The van der Waals surface area contributed by atoms with Crippen LogP contribution in [0.25, 0.3) is 22.3 Å². The van der Waals surface area contributed by atoms with E-state index in [0.29, 0.717) is 17.0 Å². The molecule has 0 bridgehead atoms. The van der Waals surface area contributed by atoms with Crippen molar-refractivity contribution < 1.29 is 14.6 Å². The van der Waals surface area contributed by atoms with Crippen molar-refractivity contribution >= 4 is 17.0 Å². The van der Waals surface area contributed by atoms with Crippen molar-refractivity contribution in [3.63, 3.8) is 0 Å². The van der Waals surface area contributed by atoms with Crippen LogP contribution in [0.2, 0.25) is 0 Å². The lowest BCUT2D eigenvalue weighted by Gasteiger charge is -2.11. The van der Waals surface area contributed by atoms with Crippen molar-refractivity contribution in [1.82, 2.24) is 14.1 Å². The number of hydrogen-bond donors (Lipinski definition) is 1. The van der Waals surface area contributed by atoms with E-state index >= 15 is 0 Å². The predicted molar refractivity (Wildman–Crippen MR) is 91.2 cm³/mol. The Balaban J connectivity index is 2.42. The van der Waals surface area contributed by atoms with Crippen LogP contribution in [-0.4, -0.2) is 32.3 Å². The zero-order valence-electron chi connectivity index (χ0n) is 13.8. The number of carboxylic acid groups (broad SMARTS) is 1. The molecule has 0 aliphatic carbocycles. The molecular weight excluding hydrogens is 326 g/mol. The number of carboxylic acids is 1. The van der Waals surface area contributed by atoms with Crippen molar-refractivity contribution in [1.29, 1.82) is 0 Å². The van der Waals surface area contributed by atoms with Gasteiger partial charge in [0.15, 0.2) is 5.65 Å². The van der Waals surface area contributed by atoms with Crippen LogP contribution in [0.5, 0.6) is 5.75 Å². The van der Waals surface area contributed by atoms with Crippen molar-refractivity contribution in [3.8, 4) is 17.0 Å². The van der Waals surface area contributed by atoms with E-state index in [2.05, 4.69) is 4.98 Å². The number of rotatable bonds is 3. The highest BCUT2D eigenvalue weighted by molar-refractivity contribution is 6.02. The van der Waals surface area contributed by atoms with E-state index in [1.807, 2.05) is 0 Å². The fraction of sp³-hybridized carbons (Fsp3) is 0.176. The molecule has 3 aromatic rings. The van der Waals surface area contributed by atoms with Gasteiger partial charge < -0.3 is 9.84 Å². The molecule has 0 saturated heterocycles. The Kier molecular flexibility index (Phi) is 3.88. The molecule has 2 heterocycles. The van der Waals surface area contributed by atoms with Gasteiger partial charge in [0.05, 0.1) is 23.8 Å². The van der Waals surface area contributed by atoms with Crippen LogP contribution in [0.1, 0.15) is 10.4 Å². The summed E-state index contributed by atoms with van der Waals surface area (Å²) in [4.78, 5) is 40.6. The molecule has 0 aliphatic heterocycles. The fourth-order valence-corrected chi connectivity index (χ4v) is 2.63. The van der Waals surface area contributed by atoms with E-state index in [1.165, 1.54) is 27.3 Å². The fourth-order valence-electron chi connectivity index (χ4n) is 2.63. The second-order valence-corrected chi connectivity index (χ2v) is 5.49. The Morgan fingerprint density at radius 1 is 1.12 bits per heavy atom. The number of aromatic nitrogens is 3. The Labute approximate surface area is 141 Å². The number of aryl methyl sites for hydroxylation is 1. The molecule has 0 saturated carbocycles. The molecule has 8 heteroatoms. The summed E-state index contributed by atoms with van der Waals surface area (Å²) in [7, 11) is 4.28. The maximum atomic E-state index is 12.4. The number of carbonyl (C=O) groups is 1. The molecule has 0 fully saturated rings. The topological polar surface area (TPSA) is 103 Å². The number of ether oxygens (including phenoxy) is 1. The first-order valence-electron chi connectivity index (χ1n) is 7.33. The minimum atomic E-state index is -1.27. The molecule has 128 valence electrons. The molecule has 0 amide bonds. The summed E-state index contributed by atoms with van der Waals surface area (Å²) in [6, 6.07) is 8.20. The van der Waals surface area contributed by atoms with Crippen LogP contribution in [0.15, 0.2) is 39.9 Å². The number of pyridine rings is 1. The predicted octanol–water partition coefficient (Wildman–Crippen LogP) is 1.01. The third kappa shape index (κ3) is 2.57. The van der Waals surface area contributed by atoms with Gasteiger partial charge in [-0.2, -0.15) is 0 Å². The summed E-state index contributed by atoms with van der Waals surface area (Å²) in [6.07, 6.45) is 0. The number of methoxy groups -OCH3 is 1. The van der Waals surface area contributed by atoms with Gasteiger partial charge in [-0.25, -0.2) is 14.6 Å². The second kappa shape index (κ2) is 5.90. The van der Waals surface area contributed by atoms with E-state index < -0.39 is 17.2 Å². The molecular formula is C17H15N3O5. The molecule has 1 N–H and O–H groups in total. The average molecular weight is 341 g/mol. The summed E-state index contributed by atoms with van der Waals surface area (Å²) >= 11 is 0. The monoisotopic (exact) mass is 341 g/mol. The maximum Gasteiger partial charge on any atom is 0.336 e. The first-order chi connectivity index (χ1) is 11.8. The molecule has 25 heavy (non-hydrogen) atoms. The standard InChI is InChI=1S/C17H15N3O5/c1-19-14-13(15(21)20(2)17(19)24)11(16(22)23)8-12(18-14)9-4-6-10(25-3)7-5-9/h4-8H,1-3H3,(H,22,23). The Hall–Kier alpha value is -3.42. The lowest BCUT2D eigenvalue weighted by atomic mass is 10.1. The third-order valence-electron chi connectivity index (χ3n) is 4.03. The van der Waals surface area contributed by atoms with Gasteiger partial charge in [-0.15, -0.1) is 0 Å². The quantitative estimate of drug-likeness (QED) is 0.762. The molecule has 0 aliphatic rings. The lowest BCUT2D eigenvalue weighted by molar-refractivity contribution is 0.0699. The number of hydrogen-bond acceptors (Lipinski definition) is 5. The number of nitrogens with zero attached hydrogens (tertiary/aromatic N) is 3. The Bertz CT molecular complexity index is 1110. The number of fused-ring (bicyclic) bond motifs is 1. The third-order valence-corrected chi connectivity index (χ3v) is 4.03. The molecule has 0 spiro atoms. The van der Waals surface area contributed by atoms with E-state index in [9.17, 15) is 19.5 Å². The number of benzene rings is 1. The van der Waals surface area contributed by atoms with E-state index in [-0.39, 0.29) is 16.6 Å². The van der Waals surface area contributed by atoms with E-state index in [4.69, 9.17) is 4.74 Å². The summed E-state index contributed by atoms with van der Waals surface area (Å²) < 4.78 is 7.12. The van der Waals surface area contributed by atoms with Gasteiger partial charge >= 0.3 is 11.7 Å². The number of aromatic carboxylic acids is 1. The Morgan fingerprint density at radius 3 is 2.32 bits per heavy atom. The first kappa shape index (κ1) is 16.4. The summed E-state index contributed by atoms with van der Waals surface area (Å²) in [5.41, 5.74) is -0.461. The van der Waals surface area contributed by atoms with Gasteiger partial charge in [-0.3, -0.25) is 13.9 Å². The van der Waals surface area contributed by atoms with E-state index in [0.717, 1.165) is 9.13 Å². The molecule has 8 nitrogen and oxygen atoms in total. The minimum absolute atomic E-state index is 0.0267. The van der Waals surface area contributed by atoms with Gasteiger partial charge in [0.2, 0.25) is 0 Å². The molecule has 3 rings (SSSR count). The highest BCUT2D eigenvalue weighted by Gasteiger charge is 2.20. The maximum absolute atomic E-state index is 12.4. The van der Waals surface area contributed by atoms with Crippen LogP contribution in [-0.2, 0) is 14.1 Å². The van der Waals surface area contributed by atoms with Crippen LogP contribution < -0.4 is 16.0 Å².